The van der Waals surface area contributed by atoms with Crippen LogP contribution in [0.2, 0.25) is 5.02 Å². The second-order valence-corrected chi connectivity index (χ2v) is 4.83. The normalized spacial score (nSPS) is 10.7. The van der Waals surface area contributed by atoms with Crippen LogP contribution in [0.4, 0.5) is 0 Å². The van der Waals surface area contributed by atoms with Gasteiger partial charge in [-0.2, -0.15) is 9.78 Å². The minimum Gasteiger partial charge on any atom is -0.476 e. The van der Waals surface area contributed by atoms with E-state index in [1.54, 1.807) is 48.5 Å². The summed E-state index contributed by atoms with van der Waals surface area (Å²) in [5.74, 6) is -1.19. The number of carboxylic acids is 1. The van der Waals surface area contributed by atoms with Crippen LogP contribution in [-0.4, -0.2) is 20.9 Å². The number of aromatic carboxylic acids is 1. The standard InChI is InChI=1S/C15H9ClN2O3/c16-9-4-3-5-10(8-9)18-14(19)12-7-2-1-6-11(12)13(17-18)15(20)21/h1-8H,(H,20,21). The summed E-state index contributed by atoms with van der Waals surface area (Å²) in [7, 11) is 0. The molecule has 3 rings (SSSR count). The zero-order valence-corrected chi connectivity index (χ0v) is 11.4. The lowest BCUT2D eigenvalue weighted by Crippen LogP contribution is -2.24. The van der Waals surface area contributed by atoms with Crippen LogP contribution >= 0.6 is 11.6 Å². The molecule has 0 saturated heterocycles. The smallest absolute Gasteiger partial charge is 0.357 e. The first kappa shape index (κ1) is 13.3. The molecule has 0 aliphatic rings. The van der Waals surface area contributed by atoms with Crippen molar-refractivity contribution in [3.63, 3.8) is 0 Å². The molecule has 0 spiro atoms. The number of rotatable bonds is 2. The van der Waals surface area contributed by atoms with Gasteiger partial charge in [-0.1, -0.05) is 35.9 Å². The highest BCUT2D eigenvalue weighted by molar-refractivity contribution is 6.30. The van der Waals surface area contributed by atoms with Gasteiger partial charge in [0.05, 0.1) is 11.1 Å². The van der Waals surface area contributed by atoms with Crippen molar-refractivity contribution in [2.24, 2.45) is 0 Å². The zero-order chi connectivity index (χ0) is 15.0. The Bertz CT molecular complexity index is 918. The van der Waals surface area contributed by atoms with Crippen molar-refractivity contribution in [1.82, 2.24) is 9.78 Å². The lowest BCUT2D eigenvalue weighted by atomic mass is 10.1. The second-order valence-electron chi connectivity index (χ2n) is 4.40. The van der Waals surface area contributed by atoms with Crippen LogP contribution in [0.25, 0.3) is 16.5 Å². The van der Waals surface area contributed by atoms with E-state index in [-0.39, 0.29) is 5.69 Å². The third kappa shape index (κ3) is 2.28. The quantitative estimate of drug-likeness (QED) is 0.790. The van der Waals surface area contributed by atoms with Gasteiger partial charge in [-0.15, -0.1) is 0 Å². The molecule has 0 atom stereocenters. The van der Waals surface area contributed by atoms with Crippen molar-refractivity contribution in [2.45, 2.75) is 0 Å². The zero-order valence-electron chi connectivity index (χ0n) is 10.7. The van der Waals surface area contributed by atoms with E-state index in [4.69, 9.17) is 11.6 Å². The summed E-state index contributed by atoms with van der Waals surface area (Å²) in [4.78, 5) is 23.9. The monoisotopic (exact) mass is 300 g/mol. The molecular formula is C15H9ClN2O3. The number of carboxylic acid groups (broad SMARTS) is 1. The van der Waals surface area contributed by atoms with Gasteiger partial charge in [-0.05, 0) is 24.3 Å². The molecule has 3 aromatic rings. The van der Waals surface area contributed by atoms with E-state index in [1.807, 2.05) is 0 Å². The molecule has 21 heavy (non-hydrogen) atoms. The van der Waals surface area contributed by atoms with E-state index < -0.39 is 11.5 Å². The lowest BCUT2D eigenvalue weighted by Gasteiger charge is -2.08. The molecule has 0 aliphatic heterocycles. The van der Waals surface area contributed by atoms with Crippen LogP contribution in [0.1, 0.15) is 10.5 Å². The van der Waals surface area contributed by atoms with E-state index in [0.29, 0.717) is 21.5 Å². The molecule has 0 bridgehead atoms. The molecule has 0 aliphatic carbocycles. The van der Waals surface area contributed by atoms with Gasteiger partial charge in [0.2, 0.25) is 0 Å². The maximum Gasteiger partial charge on any atom is 0.357 e. The van der Waals surface area contributed by atoms with E-state index in [1.165, 1.54) is 0 Å². The van der Waals surface area contributed by atoms with Gasteiger partial charge < -0.3 is 5.11 Å². The maximum atomic E-state index is 12.5. The number of aromatic nitrogens is 2. The summed E-state index contributed by atoms with van der Waals surface area (Å²) >= 11 is 5.91. The second kappa shape index (κ2) is 5.03. The summed E-state index contributed by atoms with van der Waals surface area (Å²) < 4.78 is 1.05. The molecule has 2 aromatic carbocycles. The third-order valence-corrected chi connectivity index (χ3v) is 3.30. The molecule has 1 heterocycles. The van der Waals surface area contributed by atoms with Crippen molar-refractivity contribution >= 4 is 28.3 Å². The van der Waals surface area contributed by atoms with Crippen molar-refractivity contribution in [2.75, 3.05) is 0 Å². The average molecular weight is 301 g/mol. The molecule has 0 amide bonds. The Morgan fingerprint density at radius 1 is 1.10 bits per heavy atom. The first-order valence-electron chi connectivity index (χ1n) is 6.09. The molecule has 0 radical (unpaired) electrons. The first-order chi connectivity index (χ1) is 10.1. The molecule has 0 saturated carbocycles. The van der Waals surface area contributed by atoms with Crippen LogP contribution < -0.4 is 5.56 Å². The van der Waals surface area contributed by atoms with Crippen LogP contribution in [0.3, 0.4) is 0 Å². The van der Waals surface area contributed by atoms with E-state index in [9.17, 15) is 14.7 Å². The summed E-state index contributed by atoms with van der Waals surface area (Å²) in [5.41, 5.74) is -0.149. The minimum atomic E-state index is -1.19. The molecule has 0 unspecified atom stereocenters. The van der Waals surface area contributed by atoms with Gasteiger partial charge in [0.1, 0.15) is 0 Å². The van der Waals surface area contributed by atoms with Crippen molar-refractivity contribution in [1.29, 1.82) is 0 Å². The topological polar surface area (TPSA) is 72.2 Å². The number of benzene rings is 2. The average Bonchev–Trinajstić information content (AvgIpc) is 2.47. The van der Waals surface area contributed by atoms with Crippen molar-refractivity contribution < 1.29 is 9.90 Å². The van der Waals surface area contributed by atoms with Gasteiger partial charge in [-0.3, -0.25) is 4.79 Å². The van der Waals surface area contributed by atoms with Gasteiger partial charge in [0.25, 0.3) is 5.56 Å². The summed E-state index contributed by atoms with van der Waals surface area (Å²) in [6.07, 6.45) is 0. The number of hydrogen-bond acceptors (Lipinski definition) is 3. The van der Waals surface area contributed by atoms with Crippen molar-refractivity contribution in [3.8, 4) is 5.69 Å². The third-order valence-electron chi connectivity index (χ3n) is 3.06. The molecule has 5 nitrogen and oxygen atoms in total. The molecule has 0 fully saturated rings. The SMILES string of the molecule is O=C(O)c1nn(-c2cccc(Cl)c2)c(=O)c2ccccc12. The van der Waals surface area contributed by atoms with E-state index in [0.717, 1.165) is 4.68 Å². The number of hydrogen-bond donors (Lipinski definition) is 1. The van der Waals surface area contributed by atoms with Gasteiger partial charge in [0, 0.05) is 10.4 Å². The lowest BCUT2D eigenvalue weighted by molar-refractivity contribution is 0.0691. The first-order valence-corrected chi connectivity index (χ1v) is 6.47. The number of carbonyl (C=O) groups is 1. The van der Waals surface area contributed by atoms with E-state index in [2.05, 4.69) is 5.10 Å². The Labute approximate surface area is 124 Å². The predicted molar refractivity (Wildman–Crippen MR) is 79.3 cm³/mol. The Morgan fingerprint density at radius 3 is 2.48 bits per heavy atom. The van der Waals surface area contributed by atoms with Crippen molar-refractivity contribution in [3.05, 3.63) is 69.6 Å². The summed E-state index contributed by atoms with van der Waals surface area (Å²) in [6.45, 7) is 0. The largest absolute Gasteiger partial charge is 0.476 e. The fraction of sp³-hybridized carbons (Fsp3) is 0. The number of halogens is 1. The molecule has 6 heteroatoms. The number of fused-ring (bicyclic) bond motifs is 1. The highest BCUT2D eigenvalue weighted by atomic mass is 35.5. The maximum absolute atomic E-state index is 12.5. The Morgan fingerprint density at radius 2 is 1.81 bits per heavy atom. The van der Waals surface area contributed by atoms with Crippen LogP contribution in [0.5, 0.6) is 0 Å². The van der Waals surface area contributed by atoms with Gasteiger partial charge in [-0.25, -0.2) is 4.79 Å². The van der Waals surface area contributed by atoms with Crippen LogP contribution in [-0.2, 0) is 0 Å². The van der Waals surface area contributed by atoms with Gasteiger partial charge in [0.15, 0.2) is 5.69 Å². The molecule has 1 aromatic heterocycles. The molecular weight excluding hydrogens is 292 g/mol. The molecule has 1 N–H and O–H groups in total. The van der Waals surface area contributed by atoms with Crippen LogP contribution in [0.15, 0.2) is 53.3 Å². The Hall–Kier alpha value is -2.66. The fourth-order valence-electron chi connectivity index (χ4n) is 2.13. The van der Waals surface area contributed by atoms with Gasteiger partial charge >= 0.3 is 5.97 Å². The fourth-order valence-corrected chi connectivity index (χ4v) is 2.31. The highest BCUT2D eigenvalue weighted by Gasteiger charge is 2.16. The van der Waals surface area contributed by atoms with Crippen LogP contribution in [0, 0.1) is 0 Å². The highest BCUT2D eigenvalue weighted by Crippen LogP contribution is 2.17. The Balaban J connectivity index is 2.42. The molecule has 104 valence electrons. The predicted octanol–water partition coefficient (Wildman–Crippen LogP) is 2.74. The minimum absolute atomic E-state index is 0.176. The number of nitrogens with zero attached hydrogens (tertiary/aromatic N) is 2. The summed E-state index contributed by atoms with van der Waals surface area (Å²) in [5, 5.41) is 14.3. The van der Waals surface area contributed by atoms with E-state index >= 15 is 0 Å². The Kier molecular flexibility index (Phi) is 3.19. The summed E-state index contributed by atoms with van der Waals surface area (Å²) in [6, 6.07) is 13.0.